The largest absolute Gasteiger partial charge is 0.464 e. The Balaban J connectivity index is 4.07. The summed E-state index contributed by atoms with van der Waals surface area (Å²) in [4.78, 5) is 22.4. The Kier molecular flexibility index (Phi) is 7.20. The molecule has 0 aromatic rings. The zero-order chi connectivity index (χ0) is 12.6. The fourth-order valence-corrected chi connectivity index (χ4v) is 1.06. The molecule has 2 N–H and O–H groups in total. The van der Waals surface area contributed by atoms with Crippen LogP contribution in [-0.4, -0.2) is 36.2 Å². The lowest BCUT2D eigenvalue weighted by molar-refractivity contribution is -0.146. The van der Waals surface area contributed by atoms with E-state index in [4.69, 9.17) is 9.84 Å². The van der Waals surface area contributed by atoms with E-state index < -0.39 is 12.0 Å². The van der Waals surface area contributed by atoms with Crippen molar-refractivity contribution in [1.29, 1.82) is 0 Å². The minimum atomic E-state index is -0.786. The average molecular weight is 229 g/mol. The van der Waals surface area contributed by atoms with Gasteiger partial charge in [-0.05, 0) is 25.3 Å². The van der Waals surface area contributed by atoms with Crippen molar-refractivity contribution in [1.82, 2.24) is 5.32 Å². The standard InChI is InChI=1S/C11H19NO4/c1-8(2)10(12-9(3)14)11(15)16-7-5-4-6-13/h10,13H,1,4-7H2,2-3H3,(H,12,14)/t10-/m0/s1. The van der Waals surface area contributed by atoms with Gasteiger partial charge in [0.2, 0.25) is 5.91 Å². The molecule has 0 heterocycles. The van der Waals surface area contributed by atoms with Crippen molar-refractivity contribution >= 4 is 11.9 Å². The summed E-state index contributed by atoms with van der Waals surface area (Å²) in [5.41, 5.74) is 0.530. The Morgan fingerprint density at radius 1 is 1.38 bits per heavy atom. The van der Waals surface area contributed by atoms with E-state index in [1.54, 1.807) is 6.92 Å². The van der Waals surface area contributed by atoms with Gasteiger partial charge in [0.25, 0.3) is 0 Å². The van der Waals surface area contributed by atoms with Gasteiger partial charge in [-0.1, -0.05) is 6.58 Å². The van der Waals surface area contributed by atoms with Gasteiger partial charge in [0.05, 0.1) is 6.61 Å². The van der Waals surface area contributed by atoms with Crippen LogP contribution < -0.4 is 5.32 Å². The molecule has 0 aliphatic heterocycles. The molecule has 0 saturated carbocycles. The second-order valence-electron chi connectivity index (χ2n) is 3.58. The van der Waals surface area contributed by atoms with Crippen molar-refractivity contribution < 1.29 is 19.4 Å². The third kappa shape index (κ3) is 6.19. The lowest BCUT2D eigenvalue weighted by Crippen LogP contribution is -2.41. The van der Waals surface area contributed by atoms with Crippen LogP contribution in [0.2, 0.25) is 0 Å². The van der Waals surface area contributed by atoms with Gasteiger partial charge < -0.3 is 15.2 Å². The highest BCUT2D eigenvalue weighted by atomic mass is 16.5. The Morgan fingerprint density at radius 2 is 2.00 bits per heavy atom. The summed E-state index contributed by atoms with van der Waals surface area (Å²) in [6, 6.07) is -0.786. The Hall–Kier alpha value is -1.36. The third-order valence-corrected chi connectivity index (χ3v) is 1.87. The number of nitrogens with one attached hydrogen (secondary N) is 1. The quantitative estimate of drug-likeness (QED) is 0.376. The summed E-state index contributed by atoms with van der Waals surface area (Å²) in [7, 11) is 0. The molecular weight excluding hydrogens is 210 g/mol. The van der Waals surface area contributed by atoms with Crippen LogP contribution in [0.4, 0.5) is 0 Å². The lowest BCUT2D eigenvalue weighted by atomic mass is 10.1. The fraction of sp³-hybridized carbons (Fsp3) is 0.636. The van der Waals surface area contributed by atoms with Crippen molar-refractivity contribution in [2.45, 2.75) is 32.7 Å². The summed E-state index contributed by atoms with van der Waals surface area (Å²) in [5, 5.41) is 11.0. The molecule has 0 rings (SSSR count). The molecule has 1 amide bonds. The maximum Gasteiger partial charge on any atom is 0.332 e. The topological polar surface area (TPSA) is 75.6 Å². The van der Waals surface area contributed by atoms with Crippen molar-refractivity contribution in [3.63, 3.8) is 0 Å². The van der Waals surface area contributed by atoms with Crippen LogP contribution in [0.5, 0.6) is 0 Å². The summed E-state index contributed by atoms with van der Waals surface area (Å²) >= 11 is 0. The van der Waals surface area contributed by atoms with Crippen LogP contribution in [-0.2, 0) is 14.3 Å². The SMILES string of the molecule is C=C(C)[C@H](NC(C)=O)C(=O)OCCCCO. The predicted octanol–water partition coefficient (Wildman–Crippen LogP) is 0.383. The molecular formula is C11H19NO4. The molecule has 5 heteroatoms. The molecule has 92 valence electrons. The monoisotopic (exact) mass is 229 g/mol. The number of unbranched alkanes of at least 4 members (excludes halogenated alkanes) is 1. The van der Waals surface area contributed by atoms with E-state index in [0.29, 0.717) is 18.4 Å². The summed E-state index contributed by atoms with van der Waals surface area (Å²) in [5.74, 6) is -0.819. The van der Waals surface area contributed by atoms with Crippen LogP contribution in [0.1, 0.15) is 26.7 Å². The van der Waals surface area contributed by atoms with Crippen molar-refractivity contribution in [2.24, 2.45) is 0 Å². The molecule has 0 unspecified atom stereocenters. The molecule has 0 aromatic heterocycles. The van der Waals surface area contributed by atoms with Crippen LogP contribution in [0.3, 0.4) is 0 Å². The normalized spacial score (nSPS) is 11.7. The van der Waals surface area contributed by atoms with Crippen molar-refractivity contribution in [3.8, 4) is 0 Å². The van der Waals surface area contributed by atoms with Gasteiger partial charge >= 0.3 is 5.97 Å². The number of carbonyl (C=O) groups is 2. The van der Waals surface area contributed by atoms with E-state index in [9.17, 15) is 9.59 Å². The van der Waals surface area contributed by atoms with Gasteiger partial charge in [-0.2, -0.15) is 0 Å². The number of amides is 1. The van der Waals surface area contributed by atoms with Crippen molar-refractivity contribution in [3.05, 3.63) is 12.2 Å². The Labute approximate surface area is 95.5 Å². The fourth-order valence-electron chi connectivity index (χ4n) is 1.06. The highest BCUT2D eigenvalue weighted by Gasteiger charge is 2.21. The van der Waals surface area contributed by atoms with Gasteiger partial charge in [-0.15, -0.1) is 0 Å². The second kappa shape index (κ2) is 7.87. The van der Waals surface area contributed by atoms with E-state index in [2.05, 4.69) is 11.9 Å². The number of aliphatic hydroxyl groups is 1. The van der Waals surface area contributed by atoms with Gasteiger partial charge in [-0.25, -0.2) is 4.79 Å². The highest BCUT2D eigenvalue weighted by molar-refractivity contribution is 5.85. The number of esters is 1. The maximum atomic E-state index is 11.5. The minimum Gasteiger partial charge on any atom is -0.464 e. The van der Waals surface area contributed by atoms with E-state index in [-0.39, 0.29) is 19.1 Å². The first-order valence-corrected chi connectivity index (χ1v) is 5.19. The van der Waals surface area contributed by atoms with E-state index >= 15 is 0 Å². The van der Waals surface area contributed by atoms with Crippen LogP contribution in [0.15, 0.2) is 12.2 Å². The minimum absolute atomic E-state index is 0.0765. The molecule has 0 radical (unpaired) electrons. The zero-order valence-corrected chi connectivity index (χ0v) is 9.78. The smallest absolute Gasteiger partial charge is 0.332 e. The summed E-state index contributed by atoms with van der Waals surface area (Å²) in [6.45, 7) is 6.91. The van der Waals surface area contributed by atoms with Crippen molar-refractivity contribution in [2.75, 3.05) is 13.2 Å². The highest BCUT2D eigenvalue weighted by Crippen LogP contribution is 2.02. The molecule has 0 aliphatic rings. The lowest BCUT2D eigenvalue weighted by Gasteiger charge is -2.16. The molecule has 1 atom stereocenters. The predicted molar refractivity (Wildman–Crippen MR) is 59.7 cm³/mol. The van der Waals surface area contributed by atoms with Gasteiger partial charge in [-0.3, -0.25) is 4.79 Å². The molecule has 0 aromatic carbocycles. The Bertz CT molecular complexity index is 263. The molecule has 0 spiro atoms. The first-order valence-electron chi connectivity index (χ1n) is 5.19. The van der Waals surface area contributed by atoms with Crippen LogP contribution in [0, 0.1) is 0 Å². The van der Waals surface area contributed by atoms with Gasteiger partial charge in [0.15, 0.2) is 0 Å². The number of aliphatic hydroxyl groups excluding tert-OH is 1. The van der Waals surface area contributed by atoms with Gasteiger partial charge in [0.1, 0.15) is 6.04 Å². The maximum absolute atomic E-state index is 11.5. The summed E-state index contributed by atoms with van der Waals surface area (Å²) < 4.78 is 4.94. The average Bonchev–Trinajstić information content (AvgIpc) is 2.20. The number of ether oxygens (including phenoxy) is 1. The van der Waals surface area contributed by atoms with E-state index in [1.165, 1.54) is 6.92 Å². The number of rotatable bonds is 7. The van der Waals surface area contributed by atoms with E-state index in [1.807, 2.05) is 0 Å². The zero-order valence-electron chi connectivity index (χ0n) is 9.78. The van der Waals surface area contributed by atoms with Gasteiger partial charge in [0, 0.05) is 13.5 Å². The molecule has 0 saturated heterocycles. The third-order valence-electron chi connectivity index (χ3n) is 1.87. The number of carbonyl (C=O) groups excluding carboxylic acids is 2. The molecule has 0 aliphatic carbocycles. The van der Waals surface area contributed by atoms with Crippen LogP contribution >= 0.6 is 0 Å². The molecule has 0 bridgehead atoms. The summed E-state index contributed by atoms with van der Waals surface area (Å²) in [6.07, 6.45) is 1.19. The number of hydrogen-bond donors (Lipinski definition) is 2. The molecule has 5 nitrogen and oxygen atoms in total. The second-order valence-corrected chi connectivity index (χ2v) is 3.58. The first-order chi connectivity index (χ1) is 7.49. The Morgan fingerprint density at radius 3 is 2.44 bits per heavy atom. The first kappa shape index (κ1) is 14.6. The van der Waals surface area contributed by atoms with Crippen LogP contribution in [0.25, 0.3) is 0 Å². The van der Waals surface area contributed by atoms with E-state index in [0.717, 1.165) is 0 Å². The molecule has 16 heavy (non-hydrogen) atoms. The molecule has 0 fully saturated rings. The number of hydrogen-bond acceptors (Lipinski definition) is 4.